The SMILES string of the molecule is CCOC(=O)Oc1ccc(C(=O)N2CCC(NC(=O)c3cccc(O)c3)CC2)cc1. The zero-order valence-electron chi connectivity index (χ0n) is 16.7. The Morgan fingerprint density at radius 3 is 2.40 bits per heavy atom. The Morgan fingerprint density at radius 1 is 1.07 bits per heavy atom. The average Bonchev–Trinajstić information content (AvgIpc) is 2.74. The fourth-order valence-electron chi connectivity index (χ4n) is 3.23. The topological polar surface area (TPSA) is 105 Å². The molecular formula is C22H24N2O6. The van der Waals surface area contributed by atoms with E-state index in [2.05, 4.69) is 5.32 Å². The number of aromatic hydroxyl groups is 1. The summed E-state index contributed by atoms with van der Waals surface area (Å²) in [6.07, 6.45) is 0.493. The Hall–Kier alpha value is -3.55. The smallest absolute Gasteiger partial charge is 0.508 e. The first kappa shape index (κ1) is 21.2. The van der Waals surface area contributed by atoms with Gasteiger partial charge in [-0.25, -0.2) is 4.79 Å². The van der Waals surface area contributed by atoms with Crippen LogP contribution in [-0.4, -0.2) is 53.7 Å². The number of benzene rings is 2. The third-order valence-electron chi connectivity index (χ3n) is 4.79. The molecule has 2 N–H and O–H groups in total. The molecule has 0 unspecified atom stereocenters. The highest BCUT2D eigenvalue weighted by Crippen LogP contribution is 2.18. The van der Waals surface area contributed by atoms with Gasteiger partial charge in [0.1, 0.15) is 11.5 Å². The van der Waals surface area contributed by atoms with Gasteiger partial charge in [-0.3, -0.25) is 9.59 Å². The van der Waals surface area contributed by atoms with E-state index in [4.69, 9.17) is 9.47 Å². The summed E-state index contributed by atoms with van der Waals surface area (Å²) < 4.78 is 9.70. The first-order valence-corrected chi connectivity index (χ1v) is 9.80. The highest BCUT2D eigenvalue weighted by Gasteiger charge is 2.25. The van der Waals surface area contributed by atoms with Crippen LogP contribution in [0, 0.1) is 0 Å². The molecule has 2 amide bonds. The number of piperidine rings is 1. The van der Waals surface area contributed by atoms with Crippen molar-refractivity contribution in [2.45, 2.75) is 25.8 Å². The van der Waals surface area contributed by atoms with Gasteiger partial charge in [0, 0.05) is 30.3 Å². The lowest BCUT2D eigenvalue weighted by Crippen LogP contribution is -2.46. The summed E-state index contributed by atoms with van der Waals surface area (Å²) in [6.45, 7) is 2.94. The van der Waals surface area contributed by atoms with E-state index in [-0.39, 0.29) is 30.2 Å². The van der Waals surface area contributed by atoms with Crippen LogP contribution < -0.4 is 10.1 Å². The molecular weight excluding hydrogens is 388 g/mol. The van der Waals surface area contributed by atoms with E-state index >= 15 is 0 Å². The minimum atomic E-state index is -0.786. The highest BCUT2D eigenvalue weighted by atomic mass is 16.7. The predicted octanol–water partition coefficient (Wildman–Crippen LogP) is 2.96. The maximum Gasteiger partial charge on any atom is 0.513 e. The van der Waals surface area contributed by atoms with Crippen molar-refractivity contribution in [3.63, 3.8) is 0 Å². The van der Waals surface area contributed by atoms with Crippen molar-refractivity contribution in [2.24, 2.45) is 0 Å². The fourth-order valence-corrected chi connectivity index (χ4v) is 3.23. The third kappa shape index (κ3) is 5.50. The lowest BCUT2D eigenvalue weighted by atomic mass is 10.0. The van der Waals surface area contributed by atoms with Crippen molar-refractivity contribution in [2.75, 3.05) is 19.7 Å². The van der Waals surface area contributed by atoms with E-state index in [1.54, 1.807) is 48.2 Å². The summed E-state index contributed by atoms with van der Waals surface area (Å²) in [4.78, 5) is 38.1. The van der Waals surface area contributed by atoms with Gasteiger partial charge in [0.05, 0.1) is 6.61 Å². The molecule has 1 aliphatic heterocycles. The van der Waals surface area contributed by atoms with Crippen LogP contribution in [-0.2, 0) is 4.74 Å². The van der Waals surface area contributed by atoms with Gasteiger partial charge in [-0.05, 0) is 62.2 Å². The van der Waals surface area contributed by atoms with Gasteiger partial charge < -0.3 is 24.8 Å². The van der Waals surface area contributed by atoms with Crippen LogP contribution in [0.3, 0.4) is 0 Å². The van der Waals surface area contributed by atoms with Gasteiger partial charge >= 0.3 is 6.16 Å². The molecule has 158 valence electrons. The monoisotopic (exact) mass is 412 g/mol. The number of carbonyl (C=O) groups excluding carboxylic acids is 3. The normalized spacial score (nSPS) is 14.1. The van der Waals surface area contributed by atoms with Gasteiger partial charge in [0.2, 0.25) is 0 Å². The summed E-state index contributed by atoms with van der Waals surface area (Å²) in [5.41, 5.74) is 0.895. The lowest BCUT2D eigenvalue weighted by molar-refractivity contribution is 0.0698. The van der Waals surface area contributed by atoms with Crippen molar-refractivity contribution in [1.82, 2.24) is 10.2 Å². The number of nitrogens with zero attached hydrogens (tertiary/aromatic N) is 1. The molecule has 1 heterocycles. The largest absolute Gasteiger partial charge is 0.513 e. The second-order valence-electron chi connectivity index (χ2n) is 6.90. The Kier molecular flexibility index (Phi) is 6.90. The van der Waals surface area contributed by atoms with Crippen LogP contribution in [0.15, 0.2) is 48.5 Å². The average molecular weight is 412 g/mol. The number of rotatable bonds is 5. The van der Waals surface area contributed by atoms with Crippen molar-refractivity contribution in [1.29, 1.82) is 0 Å². The van der Waals surface area contributed by atoms with Crippen LogP contribution >= 0.6 is 0 Å². The summed E-state index contributed by atoms with van der Waals surface area (Å²) in [6, 6.07) is 12.5. The van der Waals surface area contributed by atoms with Crippen LogP contribution in [0.2, 0.25) is 0 Å². The Morgan fingerprint density at radius 2 is 1.77 bits per heavy atom. The molecule has 8 heteroatoms. The maximum absolute atomic E-state index is 12.7. The molecule has 8 nitrogen and oxygen atoms in total. The number of phenolic OH excluding ortho intramolecular Hbond substituents is 1. The fraction of sp³-hybridized carbons (Fsp3) is 0.318. The van der Waals surface area contributed by atoms with E-state index in [0.717, 1.165) is 0 Å². The number of hydrogen-bond acceptors (Lipinski definition) is 6. The first-order valence-electron chi connectivity index (χ1n) is 9.80. The molecule has 0 bridgehead atoms. The molecule has 0 saturated carbocycles. The molecule has 0 aliphatic carbocycles. The molecule has 1 saturated heterocycles. The van der Waals surface area contributed by atoms with Crippen molar-refractivity contribution in [3.8, 4) is 11.5 Å². The summed E-state index contributed by atoms with van der Waals surface area (Å²) in [5.74, 6) is -0.0107. The van der Waals surface area contributed by atoms with Crippen LogP contribution in [0.5, 0.6) is 11.5 Å². The Bertz CT molecular complexity index is 904. The Labute approximate surface area is 174 Å². The standard InChI is InChI=1S/C22H24N2O6/c1-2-29-22(28)30-19-8-6-15(7-9-19)21(27)24-12-10-17(11-13-24)23-20(26)16-4-3-5-18(25)14-16/h3-9,14,17,25H,2,10-13H2,1H3,(H,23,26). The first-order chi connectivity index (χ1) is 14.5. The molecule has 2 aromatic carbocycles. The maximum atomic E-state index is 12.7. The molecule has 30 heavy (non-hydrogen) atoms. The highest BCUT2D eigenvalue weighted by molar-refractivity contribution is 5.95. The zero-order valence-corrected chi connectivity index (χ0v) is 16.7. The van der Waals surface area contributed by atoms with Crippen molar-refractivity contribution >= 4 is 18.0 Å². The lowest BCUT2D eigenvalue weighted by Gasteiger charge is -2.32. The number of ether oxygens (including phenoxy) is 2. The van der Waals surface area contributed by atoms with Crippen LogP contribution in [0.25, 0.3) is 0 Å². The van der Waals surface area contributed by atoms with Crippen LogP contribution in [0.4, 0.5) is 4.79 Å². The van der Waals surface area contributed by atoms with Gasteiger partial charge in [-0.15, -0.1) is 0 Å². The van der Waals surface area contributed by atoms with Crippen LogP contribution in [0.1, 0.15) is 40.5 Å². The van der Waals surface area contributed by atoms with Crippen molar-refractivity contribution in [3.05, 3.63) is 59.7 Å². The number of hydrogen-bond donors (Lipinski definition) is 2. The predicted molar refractivity (Wildman–Crippen MR) is 109 cm³/mol. The van der Waals surface area contributed by atoms with E-state index in [1.165, 1.54) is 12.1 Å². The minimum Gasteiger partial charge on any atom is -0.508 e. The summed E-state index contributed by atoms with van der Waals surface area (Å²) >= 11 is 0. The molecule has 3 rings (SSSR count). The van der Waals surface area contributed by atoms with Gasteiger partial charge in [0.25, 0.3) is 11.8 Å². The quantitative estimate of drug-likeness (QED) is 0.578. The Balaban J connectivity index is 1.50. The molecule has 1 aliphatic rings. The van der Waals surface area contributed by atoms with Gasteiger partial charge in [-0.2, -0.15) is 0 Å². The minimum absolute atomic E-state index is 0.0377. The molecule has 0 radical (unpaired) electrons. The molecule has 2 aromatic rings. The number of nitrogens with one attached hydrogen (secondary N) is 1. The van der Waals surface area contributed by atoms with Crippen molar-refractivity contribution < 1.29 is 29.0 Å². The van der Waals surface area contributed by atoms with E-state index in [1.807, 2.05) is 0 Å². The number of carbonyl (C=O) groups is 3. The second-order valence-corrected chi connectivity index (χ2v) is 6.90. The molecule has 0 spiro atoms. The van der Waals surface area contributed by atoms with E-state index in [9.17, 15) is 19.5 Å². The number of likely N-dealkylation sites (tertiary alicyclic amines) is 1. The molecule has 0 aromatic heterocycles. The van der Waals surface area contributed by atoms with E-state index < -0.39 is 6.16 Å². The number of amides is 2. The number of phenols is 1. The molecule has 1 fully saturated rings. The van der Waals surface area contributed by atoms with Gasteiger partial charge in [0.15, 0.2) is 0 Å². The van der Waals surface area contributed by atoms with Gasteiger partial charge in [-0.1, -0.05) is 6.07 Å². The molecule has 0 atom stereocenters. The second kappa shape index (κ2) is 9.78. The summed E-state index contributed by atoms with van der Waals surface area (Å²) in [7, 11) is 0. The summed E-state index contributed by atoms with van der Waals surface area (Å²) in [5, 5.41) is 12.5. The third-order valence-corrected chi connectivity index (χ3v) is 4.79. The zero-order chi connectivity index (χ0) is 21.5. The van der Waals surface area contributed by atoms with E-state index in [0.29, 0.717) is 42.8 Å².